The molecule has 0 bridgehead atoms. The maximum atomic E-state index is 6.51. The third-order valence-corrected chi connectivity index (χ3v) is 5.16. The van der Waals surface area contributed by atoms with Crippen LogP contribution in [0.25, 0.3) is 16.7 Å². The van der Waals surface area contributed by atoms with Gasteiger partial charge in [0.05, 0.1) is 5.02 Å². The van der Waals surface area contributed by atoms with Crippen LogP contribution < -0.4 is 5.32 Å². The topological polar surface area (TPSA) is 24.9 Å². The molecule has 1 aliphatic rings. The van der Waals surface area contributed by atoms with Crippen molar-refractivity contribution in [3.8, 4) is 11.1 Å². The number of nitrogens with one attached hydrogen (secondary N) is 1. The third kappa shape index (κ3) is 3.72. The summed E-state index contributed by atoms with van der Waals surface area (Å²) in [5.74, 6) is 0. The highest BCUT2D eigenvalue weighted by Crippen LogP contribution is 2.32. The molecule has 1 atom stereocenters. The van der Waals surface area contributed by atoms with Crippen molar-refractivity contribution in [1.82, 2.24) is 10.3 Å². The van der Waals surface area contributed by atoms with E-state index in [1.165, 1.54) is 16.7 Å². The monoisotopic (exact) mass is 360 g/mol. The zero-order valence-corrected chi connectivity index (χ0v) is 15.3. The Balaban J connectivity index is 1.59. The number of nitrogens with zero attached hydrogens (tertiary/aromatic N) is 1. The summed E-state index contributed by atoms with van der Waals surface area (Å²) in [6.07, 6.45) is 7.89. The normalized spacial score (nSPS) is 17.0. The highest BCUT2D eigenvalue weighted by atomic mass is 35.5. The summed E-state index contributed by atoms with van der Waals surface area (Å²) < 4.78 is 0. The van der Waals surface area contributed by atoms with Crippen molar-refractivity contribution in [3.63, 3.8) is 0 Å². The van der Waals surface area contributed by atoms with Gasteiger partial charge in [-0.25, -0.2) is 0 Å². The highest BCUT2D eigenvalue weighted by Gasteiger charge is 2.19. The van der Waals surface area contributed by atoms with E-state index in [1.807, 2.05) is 24.4 Å². The van der Waals surface area contributed by atoms with Crippen LogP contribution in [-0.4, -0.2) is 17.6 Å². The molecule has 0 spiro atoms. The molecular weight excluding hydrogens is 340 g/mol. The van der Waals surface area contributed by atoms with E-state index in [0.717, 1.165) is 30.5 Å². The lowest BCUT2D eigenvalue weighted by Crippen LogP contribution is -2.34. The van der Waals surface area contributed by atoms with Crippen molar-refractivity contribution in [2.75, 3.05) is 6.54 Å². The SMILES string of the molecule is Clc1cncc(CC2CC(c3ccccc3)=CCN2)c1-c1ccccc1. The first kappa shape index (κ1) is 17.0. The molecule has 2 nitrogen and oxygen atoms in total. The summed E-state index contributed by atoms with van der Waals surface area (Å²) in [6.45, 7) is 0.892. The fraction of sp³-hybridized carbons (Fsp3) is 0.174. The van der Waals surface area contributed by atoms with Crippen molar-refractivity contribution >= 4 is 17.2 Å². The highest BCUT2D eigenvalue weighted by molar-refractivity contribution is 6.33. The van der Waals surface area contributed by atoms with E-state index in [1.54, 1.807) is 6.20 Å². The molecule has 0 saturated carbocycles. The molecule has 2 aromatic carbocycles. The van der Waals surface area contributed by atoms with Gasteiger partial charge in [0.2, 0.25) is 0 Å². The summed E-state index contributed by atoms with van der Waals surface area (Å²) in [5, 5.41) is 4.33. The van der Waals surface area contributed by atoms with Gasteiger partial charge in [0.15, 0.2) is 0 Å². The molecule has 1 aromatic heterocycles. The molecule has 3 heteroatoms. The van der Waals surface area contributed by atoms with Crippen LogP contribution >= 0.6 is 11.6 Å². The van der Waals surface area contributed by atoms with Gasteiger partial charge in [-0.2, -0.15) is 0 Å². The van der Waals surface area contributed by atoms with Gasteiger partial charge in [-0.15, -0.1) is 0 Å². The molecular formula is C23H21ClN2. The molecule has 0 aliphatic carbocycles. The second-order valence-corrected chi connectivity index (χ2v) is 7.04. The number of pyridine rings is 1. The minimum atomic E-state index is 0.373. The Labute approximate surface area is 159 Å². The van der Waals surface area contributed by atoms with E-state index in [4.69, 9.17) is 11.6 Å². The molecule has 1 aliphatic heterocycles. The molecule has 0 radical (unpaired) electrons. The Morgan fingerprint density at radius 1 is 0.923 bits per heavy atom. The van der Waals surface area contributed by atoms with Gasteiger partial charge in [-0.3, -0.25) is 4.98 Å². The van der Waals surface area contributed by atoms with E-state index in [2.05, 4.69) is 58.8 Å². The number of hydrogen-bond acceptors (Lipinski definition) is 2. The summed E-state index contributed by atoms with van der Waals surface area (Å²) in [5.41, 5.74) is 6.15. The molecule has 130 valence electrons. The lowest BCUT2D eigenvalue weighted by Gasteiger charge is -2.25. The molecule has 0 saturated heterocycles. The molecule has 0 fully saturated rings. The lowest BCUT2D eigenvalue weighted by atomic mass is 9.90. The first-order valence-corrected chi connectivity index (χ1v) is 9.34. The van der Waals surface area contributed by atoms with E-state index in [-0.39, 0.29) is 0 Å². The van der Waals surface area contributed by atoms with Gasteiger partial charge in [0.25, 0.3) is 0 Å². The van der Waals surface area contributed by atoms with Crippen molar-refractivity contribution < 1.29 is 0 Å². The standard InChI is InChI=1S/C23H21ClN2/c24-22-16-25-15-20(23(22)18-9-5-2-6-10-18)14-21-13-19(11-12-26-21)17-7-3-1-4-8-17/h1-11,15-16,21,26H,12-14H2. The largest absolute Gasteiger partial charge is 0.310 e. The Hall–Kier alpha value is -2.42. The molecule has 0 amide bonds. The van der Waals surface area contributed by atoms with E-state index in [9.17, 15) is 0 Å². The van der Waals surface area contributed by atoms with Crippen LogP contribution in [0.1, 0.15) is 17.5 Å². The number of halogens is 1. The van der Waals surface area contributed by atoms with Crippen molar-refractivity contribution in [2.24, 2.45) is 0 Å². The maximum absolute atomic E-state index is 6.51. The predicted octanol–water partition coefficient (Wildman–Crippen LogP) is 5.39. The van der Waals surface area contributed by atoms with Crippen LogP contribution in [0.4, 0.5) is 0 Å². The quantitative estimate of drug-likeness (QED) is 0.674. The maximum Gasteiger partial charge on any atom is 0.0670 e. The minimum absolute atomic E-state index is 0.373. The number of rotatable bonds is 4. The van der Waals surface area contributed by atoms with Gasteiger partial charge in [-0.1, -0.05) is 78.3 Å². The predicted molar refractivity (Wildman–Crippen MR) is 109 cm³/mol. The van der Waals surface area contributed by atoms with Gasteiger partial charge in [0, 0.05) is 30.5 Å². The third-order valence-electron chi connectivity index (χ3n) is 4.87. The molecule has 4 rings (SSSR count). The van der Waals surface area contributed by atoms with Gasteiger partial charge in [-0.05, 0) is 35.1 Å². The Kier molecular flexibility index (Phi) is 5.14. The van der Waals surface area contributed by atoms with E-state index < -0.39 is 0 Å². The van der Waals surface area contributed by atoms with E-state index >= 15 is 0 Å². The van der Waals surface area contributed by atoms with Gasteiger partial charge < -0.3 is 5.32 Å². The number of benzene rings is 2. The average Bonchev–Trinajstić information content (AvgIpc) is 2.70. The molecule has 26 heavy (non-hydrogen) atoms. The Morgan fingerprint density at radius 3 is 2.35 bits per heavy atom. The summed E-state index contributed by atoms with van der Waals surface area (Å²) in [4.78, 5) is 4.34. The van der Waals surface area contributed by atoms with Crippen LogP contribution in [0.15, 0.2) is 79.1 Å². The van der Waals surface area contributed by atoms with Crippen LogP contribution in [0.3, 0.4) is 0 Å². The average molecular weight is 361 g/mol. The van der Waals surface area contributed by atoms with Gasteiger partial charge in [0.1, 0.15) is 0 Å². The lowest BCUT2D eigenvalue weighted by molar-refractivity contribution is 0.533. The fourth-order valence-corrected chi connectivity index (χ4v) is 3.91. The smallest absolute Gasteiger partial charge is 0.0670 e. The molecule has 2 heterocycles. The van der Waals surface area contributed by atoms with Crippen molar-refractivity contribution in [2.45, 2.75) is 18.9 Å². The first-order chi connectivity index (χ1) is 12.8. The molecule has 1 unspecified atom stereocenters. The Morgan fingerprint density at radius 2 is 1.62 bits per heavy atom. The second-order valence-electron chi connectivity index (χ2n) is 6.63. The summed E-state index contributed by atoms with van der Waals surface area (Å²) in [7, 11) is 0. The van der Waals surface area contributed by atoms with Crippen LogP contribution in [0, 0.1) is 0 Å². The van der Waals surface area contributed by atoms with Crippen molar-refractivity contribution in [3.05, 3.63) is 95.3 Å². The molecule has 3 aromatic rings. The van der Waals surface area contributed by atoms with Crippen LogP contribution in [0.5, 0.6) is 0 Å². The zero-order chi connectivity index (χ0) is 17.8. The fourth-order valence-electron chi connectivity index (χ4n) is 3.63. The summed E-state index contributed by atoms with van der Waals surface area (Å²) >= 11 is 6.51. The van der Waals surface area contributed by atoms with Crippen molar-refractivity contribution in [1.29, 1.82) is 0 Å². The minimum Gasteiger partial charge on any atom is -0.310 e. The molecule has 1 N–H and O–H groups in total. The summed E-state index contributed by atoms with van der Waals surface area (Å²) in [6, 6.07) is 21.3. The van der Waals surface area contributed by atoms with Crippen LogP contribution in [-0.2, 0) is 6.42 Å². The second kappa shape index (κ2) is 7.86. The first-order valence-electron chi connectivity index (χ1n) is 8.97. The van der Waals surface area contributed by atoms with E-state index in [0.29, 0.717) is 11.1 Å². The Bertz CT molecular complexity index is 904. The number of aromatic nitrogens is 1. The number of hydrogen-bond donors (Lipinski definition) is 1. The zero-order valence-electron chi connectivity index (χ0n) is 14.5. The van der Waals surface area contributed by atoms with Crippen LogP contribution in [0.2, 0.25) is 5.02 Å². The van der Waals surface area contributed by atoms with Gasteiger partial charge >= 0.3 is 0 Å².